The number of anilines is 1. The molecule has 5 heteroatoms. The second-order valence-corrected chi connectivity index (χ2v) is 5.92. The molecular weight excluding hydrogens is 266 g/mol. The van der Waals surface area contributed by atoms with Gasteiger partial charge in [-0.1, -0.05) is 13.8 Å². The largest absolute Gasteiger partial charge is 0.440 e. The Balaban J connectivity index is 1.75. The van der Waals surface area contributed by atoms with Gasteiger partial charge in [0.1, 0.15) is 5.52 Å². The minimum atomic E-state index is 0.0537. The maximum absolute atomic E-state index is 12.2. The number of aromatic nitrogens is 1. The molecule has 0 radical (unpaired) electrons. The van der Waals surface area contributed by atoms with Crippen molar-refractivity contribution in [1.29, 1.82) is 0 Å². The fourth-order valence-corrected chi connectivity index (χ4v) is 2.59. The number of carbonyl (C=O) groups excluding carboxylic acids is 1. The van der Waals surface area contributed by atoms with Crippen LogP contribution in [0.2, 0.25) is 0 Å². The summed E-state index contributed by atoms with van der Waals surface area (Å²) in [7, 11) is 0. The fourth-order valence-electron chi connectivity index (χ4n) is 2.59. The molecule has 2 aromatic rings. The number of hydrogen-bond acceptors (Lipinski definition) is 4. The summed E-state index contributed by atoms with van der Waals surface area (Å²) in [6.07, 6.45) is 2.00. The van der Waals surface area contributed by atoms with Crippen LogP contribution < -0.4 is 10.6 Å². The number of oxazole rings is 1. The van der Waals surface area contributed by atoms with Gasteiger partial charge < -0.3 is 15.1 Å². The second kappa shape index (κ2) is 5.85. The van der Waals surface area contributed by atoms with Gasteiger partial charge in [0.05, 0.1) is 5.92 Å². The standard InChI is InChI=1S/C16H21N3O2/c1-10(2)16-19-13-8-12(5-6-14(13)21-16)18-15(20)11-4-3-7-17-9-11/h5-6,8,10-11,17H,3-4,7,9H2,1-2H3,(H,18,20)/t11-/m1/s1. The Morgan fingerprint density at radius 2 is 2.33 bits per heavy atom. The van der Waals surface area contributed by atoms with Crippen molar-refractivity contribution >= 4 is 22.7 Å². The Hall–Kier alpha value is -1.88. The molecule has 1 aromatic heterocycles. The number of piperidine rings is 1. The molecule has 1 aliphatic rings. The maximum Gasteiger partial charge on any atom is 0.228 e. The molecule has 112 valence electrons. The first-order valence-corrected chi connectivity index (χ1v) is 7.55. The number of carbonyl (C=O) groups is 1. The Labute approximate surface area is 124 Å². The topological polar surface area (TPSA) is 67.2 Å². The lowest BCUT2D eigenvalue weighted by Gasteiger charge is -2.21. The van der Waals surface area contributed by atoms with Crippen LogP contribution >= 0.6 is 0 Å². The SMILES string of the molecule is CC(C)c1nc2cc(NC(=O)[C@@H]3CCCNC3)ccc2o1. The van der Waals surface area contributed by atoms with E-state index < -0.39 is 0 Å². The van der Waals surface area contributed by atoms with Crippen molar-refractivity contribution < 1.29 is 9.21 Å². The van der Waals surface area contributed by atoms with Crippen LogP contribution in [-0.2, 0) is 4.79 Å². The van der Waals surface area contributed by atoms with Gasteiger partial charge in [0, 0.05) is 18.2 Å². The van der Waals surface area contributed by atoms with Gasteiger partial charge >= 0.3 is 0 Å². The first-order valence-electron chi connectivity index (χ1n) is 7.55. The molecule has 2 heterocycles. The van der Waals surface area contributed by atoms with Gasteiger partial charge in [0.25, 0.3) is 0 Å². The first-order chi connectivity index (χ1) is 10.1. The zero-order valence-corrected chi connectivity index (χ0v) is 12.5. The van der Waals surface area contributed by atoms with Crippen LogP contribution in [0, 0.1) is 5.92 Å². The number of hydrogen-bond donors (Lipinski definition) is 2. The lowest BCUT2D eigenvalue weighted by Crippen LogP contribution is -2.37. The van der Waals surface area contributed by atoms with Crippen LogP contribution in [0.4, 0.5) is 5.69 Å². The highest BCUT2D eigenvalue weighted by atomic mass is 16.3. The maximum atomic E-state index is 12.2. The molecule has 0 saturated carbocycles. The second-order valence-electron chi connectivity index (χ2n) is 5.92. The quantitative estimate of drug-likeness (QED) is 0.911. The number of rotatable bonds is 3. The lowest BCUT2D eigenvalue weighted by molar-refractivity contribution is -0.120. The summed E-state index contributed by atoms with van der Waals surface area (Å²) in [4.78, 5) is 16.7. The van der Waals surface area contributed by atoms with Crippen LogP contribution in [0.25, 0.3) is 11.1 Å². The van der Waals surface area contributed by atoms with E-state index >= 15 is 0 Å². The van der Waals surface area contributed by atoms with Gasteiger partial charge in [0.15, 0.2) is 11.5 Å². The van der Waals surface area contributed by atoms with Gasteiger partial charge in [-0.15, -0.1) is 0 Å². The molecule has 0 spiro atoms. The van der Waals surface area contributed by atoms with Crippen molar-refractivity contribution in [2.24, 2.45) is 5.92 Å². The van der Waals surface area contributed by atoms with E-state index in [4.69, 9.17) is 4.42 Å². The lowest BCUT2D eigenvalue weighted by atomic mass is 9.99. The molecule has 21 heavy (non-hydrogen) atoms. The monoisotopic (exact) mass is 287 g/mol. The highest BCUT2D eigenvalue weighted by Crippen LogP contribution is 2.24. The van der Waals surface area contributed by atoms with E-state index in [-0.39, 0.29) is 17.7 Å². The molecular formula is C16H21N3O2. The predicted octanol–water partition coefficient (Wildman–Crippen LogP) is 2.89. The van der Waals surface area contributed by atoms with Gasteiger partial charge in [-0.25, -0.2) is 4.98 Å². The Morgan fingerprint density at radius 3 is 3.05 bits per heavy atom. The normalized spacial score (nSPS) is 19.1. The number of nitrogens with zero attached hydrogens (tertiary/aromatic N) is 1. The molecule has 3 rings (SSSR count). The summed E-state index contributed by atoms with van der Waals surface area (Å²) in [5.41, 5.74) is 2.33. The number of amides is 1. The van der Waals surface area contributed by atoms with Crippen molar-refractivity contribution in [3.8, 4) is 0 Å². The third kappa shape index (κ3) is 3.08. The Bertz CT molecular complexity index is 642. The smallest absolute Gasteiger partial charge is 0.228 e. The van der Waals surface area contributed by atoms with Crippen molar-refractivity contribution in [3.63, 3.8) is 0 Å². The highest BCUT2D eigenvalue weighted by Gasteiger charge is 2.21. The predicted molar refractivity (Wildman–Crippen MR) is 82.3 cm³/mol. The van der Waals surface area contributed by atoms with Crippen LogP contribution in [0.3, 0.4) is 0 Å². The summed E-state index contributed by atoms with van der Waals surface area (Å²) in [5, 5.41) is 6.24. The van der Waals surface area contributed by atoms with E-state index in [1.807, 2.05) is 32.0 Å². The molecule has 0 unspecified atom stereocenters. The zero-order chi connectivity index (χ0) is 14.8. The van der Waals surface area contributed by atoms with Gasteiger partial charge in [-0.3, -0.25) is 4.79 Å². The van der Waals surface area contributed by atoms with Gasteiger partial charge in [0.2, 0.25) is 5.91 Å². The Morgan fingerprint density at radius 1 is 1.48 bits per heavy atom. The van der Waals surface area contributed by atoms with Crippen molar-refractivity contribution in [1.82, 2.24) is 10.3 Å². The molecule has 2 N–H and O–H groups in total. The average molecular weight is 287 g/mol. The van der Waals surface area contributed by atoms with Crippen LogP contribution in [0.1, 0.15) is 38.5 Å². The minimum Gasteiger partial charge on any atom is -0.440 e. The van der Waals surface area contributed by atoms with E-state index in [0.717, 1.165) is 48.6 Å². The van der Waals surface area contributed by atoms with E-state index in [9.17, 15) is 4.79 Å². The zero-order valence-electron chi connectivity index (χ0n) is 12.5. The molecule has 1 aliphatic heterocycles. The molecule has 0 bridgehead atoms. The number of nitrogens with one attached hydrogen (secondary N) is 2. The summed E-state index contributed by atoms with van der Waals surface area (Å²) >= 11 is 0. The van der Waals surface area contributed by atoms with Crippen LogP contribution in [0.15, 0.2) is 22.6 Å². The first kappa shape index (κ1) is 14.1. The highest BCUT2D eigenvalue weighted by molar-refractivity contribution is 5.94. The summed E-state index contributed by atoms with van der Waals surface area (Å²) < 4.78 is 5.67. The fraction of sp³-hybridized carbons (Fsp3) is 0.500. The number of benzene rings is 1. The molecule has 1 saturated heterocycles. The van der Waals surface area contributed by atoms with Gasteiger partial charge in [-0.2, -0.15) is 0 Å². The van der Waals surface area contributed by atoms with E-state index in [0.29, 0.717) is 0 Å². The van der Waals surface area contributed by atoms with E-state index in [1.54, 1.807) is 0 Å². The molecule has 1 fully saturated rings. The third-order valence-corrected chi connectivity index (χ3v) is 3.83. The summed E-state index contributed by atoms with van der Waals surface area (Å²) in [6, 6.07) is 5.60. The molecule has 1 amide bonds. The van der Waals surface area contributed by atoms with Crippen LogP contribution in [0.5, 0.6) is 0 Å². The van der Waals surface area contributed by atoms with E-state index in [1.165, 1.54) is 0 Å². The van der Waals surface area contributed by atoms with Crippen molar-refractivity contribution in [2.75, 3.05) is 18.4 Å². The van der Waals surface area contributed by atoms with Gasteiger partial charge in [-0.05, 0) is 37.6 Å². The van der Waals surface area contributed by atoms with Crippen molar-refractivity contribution in [3.05, 3.63) is 24.1 Å². The average Bonchev–Trinajstić information content (AvgIpc) is 2.91. The molecule has 1 aromatic carbocycles. The number of fused-ring (bicyclic) bond motifs is 1. The Kier molecular flexibility index (Phi) is 3.92. The summed E-state index contributed by atoms with van der Waals surface area (Å²) in [6.45, 7) is 5.86. The molecule has 0 aliphatic carbocycles. The van der Waals surface area contributed by atoms with E-state index in [2.05, 4.69) is 15.6 Å². The van der Waals surface area contributed by atoms with Crippen molar-refractivity contribution in [2.45, 2.75) is 32.6 Å². The minimum absolute atomic E-state index is 0.0537. The molecule has 5 nitrogen and oxygen atoms in total. The van der Waals surface area contributed by atoms with Crippen LogP contribution in [-0.4, -0.2) is 24.0 Å². The summed E-state index contributed by atoms with van der Waals surface area (Å²) in [5.74, 6) is 1.11. The third-order valence-electron chi connectivity index (χ3n) is 3.83. The molecule has 1 atom stereocenters.